The van der Waals surface area contributed by atoms with Crippen molar-refractivity contribution in [2.75, 3.05) is 0 Å². The maximum absolute atomic E-state index is 13.6. The van der Waals surface area contributed by atoms with E-state index in [0.29, 0.717) is 4.47 Å². The third-order valence-corrected chi connectivity index (χ3v) is 4.85. The van der Waals surface area contributed by atoms with E-state index in [1.165, 1.54) is 30.3 Å². The molecule has 0 aliphatic rings. The summed E-state index contributed by atoms with van der Waals surface area (Å²) in [6, 6.07) is 7.74. The number of carbonyl (C=O) groups is 1. The Balaban J connectivity index is 2.25. The Kier molecular flexibility index (Phi) is 5.41. The largest absolute Gasteiger partial charge is 0.457 e. The lowest BCUT2D eigenvalue weighted by Crippen LogP contribution is -2.14. The van der Waals surface area contributed by atoms with Gasteiger partial charge in [0.25, 0.3) is 0 Å². The molecule has 0 fully saturated rings. The van der Waals surface area contributed by atoms with Crippen LogP contribution in [0.15, 0.2) is 45.8 Å². The number of ether oxygens (including phenoxy) is 1. The van der Waals surface area contributed by atoms with Crippen LogP contribution in [0.25, 0.3) is 0 Å². The number of esters is 1. The van der Waals surface area contributed by atoms with Crippen molar-refractivity contribution in [1.29, 1.82) is 0 Å². The fourth-order valence-electron chi connectivity index (χ4n) is 1.72. The van der Waals surface area contributed by atoms with Gasteiger partial charge >= 0.3 is 5.97 Å². The number of sulfonamides is 1. The molecular formula is C14H10BrClFNO4S. The number of carbonyl (C=O) groups excluding carboxylic acids is 1. The molecule has 2 aromatic rings. The zero-order valence-electron chi connectivity index (χ0n) is 11.4. The summed E-state index contributed by atoms with van der Waals surface area (Å²) >= 11 is 8.96. The van der Waals surface area contributed by atoms with Gasteiger partial charge < -0.3 is 4.74 Å². The zero-order valence-corrected chi connectivity index (χ0v) is 14.6. The first-order valence-electron chi connectivity index (χ1n) is 6.12. The van der Waals surface area contributed by atoms with Crippen LogP contribution >= 0.6 is 27.5 Å². The van der Waals surface area contributed by atoms with E-state index < -0.39 is 28.4 Å². The Morgan fingerprint density at radius 2 is 2.00 bits per heavy atom. The summed E-state index contributed by atoms with van der Waals surface area (Å²) in [6.07, 6.45) is 0. The first kappa shape index (κ1) is 17.9. The minimum absolute atomic E-state index is 0.0289. The summed E-state index contributed by atoms with van der Waals surface area (Å²) in [5.74, 6) is -1.45. The summed E-state index contributed by atoms with van der Waals surface area (Å²) in [4.78, 5) is 11.8. The molecule has 2 rings (SSSR count). The second-order valence-corrected chi connectivity index (χ2v) is 7.29. The first-order valence-corrected chi connectivity index (χ1v) is 8.84. The van der Waals surface area contributed by atoms with Crippen LogP contribution in [-0.2, 0) is 21.4 Å². The van der Waals surface area contributed by atoms with E-state index in [2.05, 4.69) is 15.9 Å². The van der Waals surface area contributed by atoms with Crippen LogP contribution in [0.2, 0.25) is 5.02 Å². The highest BCUT2D eigenvalue weighted by Gasteiger charge is 2.18. The molecule has 122 valence electrons. The summed E-state index contributed by atoms with van der Waals surface area (Å²) in [7, 11) is -3.97. The third kappa shape index (κ3) is 4.29. The maximum Gasteiger partial charge on any atom is 0.339 e. The number of halogens is 3. The highest BCUT2D eigenvalue weighted by Crippen LogP contribution is 2.24. The molecular weight excluding hydrogens is 413 g/mol. The lowest BCUT2D eigenvalue weighted by atomic mass is 10.2. The van der Waals surface area contributed by atoms with Gasteiger partial charge in [0.05, 0.1) is 15.5 Å². The first-order chi connectivity index (χ1) is 10.7. The van der Waals surface area contributed by atoms with Crippen molar-refractivity contribution in [2.24, 2.45) is 5.14 Å². The van der Waals surface area contributed by atoms with Gasteiger partial charge in [0.15, 0.2) is 0 Å². The normalized spacial score (nSPS) is 11.3. The lowest BCUT2D eigenvalue weighted by Gasteiger charge is -2.09. The highest BCUT2D eigenvalue weighted by atomic mass is 79.9. The number of nitrogens with two attached hydrogens (primary N) is 1. The van der Waals surface area contributed by atoms with Crippen molar-refractivity contribution in [3.8, 4) is 0 Å². The molecule has 0 amide bonds. The standard InChI is InChI=1S/C14H10BrClFNO4S/c15-11-5-4-8(23(18,20)21)6-9(11)14(19)22-7-10-12(16)2-1-3-13(10)17/h1-6H,7H2,(H2,18,20,21). The predicted molar refractivity (Wildman–Crippen MR) is 86.0 cm³/mol. The van der Waals surface area contributed by atoms with E-state index in [4.69, 9.17) is 21.5 Å². The molecule has 0 heterocycles. The quantitative estimate of drug-likeness (QED) is 0.766. The lowest BCUT2D eigenvalue weighted by molar-refractivity contribution is 0.0467. The maximum atomic E-state index is 13.6. The van der Waals surface area contributed by atoms with Gasteiger partial charge in [-0.2, -0.15) is 0 Å². The van der Waals surface area contributed by atoms with E-state index in [1.54, 1.807) is 0 Å². The van der Waals surface area contributed by atoms with E-state index >= 15 is 0 Å². The summed E-state index contributed by atoms with van der Waals surface area (Å²) in [6.45, 7) is -0.392. The molecule has 2 N–H and O–H groups in total. The van der Waals surface area contributed by atoms with E-state index in [-0.39, 0.29) is 21.0 Å². The van der Waals surface area contributed by atoms with Crippen LogP contribution in [-0.4, -0.2) is 14.4 Å². The fourth-order valence-corrected chi connectivity index (χ4v) is 2.89. The van der Waals surface area contributed by atoms with E-state index in [1.807, 2.05) is 0 Å². The van der Waals surface area contributed by atoms with Crippen molar-refractivity contribution in [1.82, 2.24) is 0 Å². The molecule has 0 spiro atoms. The molecule has 0 aliphatic heterocycles. The second-order valence-electron chi connectivity index (χ2n) is 4.46. The molecule has 0 bridgehead atoms. The van der Waals surface area contributed by atoms with Crippen molar-refractivity contribution in [3.05, 3.63) is 62.8 Å². The molecule has 0 saturated heterocycles. The Morgan fingerprint density at radius 1 is 1.30 bits per heavy atom. The van der Waals surface area contributed by atoms with Gasteiger partial charge in [-0.15, -0.1) is 0 Å². The highest BCUT2D eigenvalue weighted by molar-refractivity contribution is 9.10. The molecule has 0 atom stereocenters. The SMILES string of the molecule is NS(=O)(=O)c1ccc(Br)c(C(=O)OCc2c(F)cccc2Cl)c1. The summed E-state index contributed by atoms with van der Waals surface area (Å²) in [5.41, 5.74) is -0.0229. The molecule has 0 radical (unpaired) electrons. The average Bonchev–Trinajstić information content (AvgIpc) is 2.45. The monoisotopic (exact) mass is 421 g/mol. The second kappa shape index (κ2) is 6.96. The fraction of sp³-hybridized carbons (Fsp3) is 0.0714. The number of primary sulfonamides is 1. The molecule has 5 nitrogen and oxygen atoms in total. The van der Waals surface area contributed by atoms with Gasteiger partial charge in [0.2, 0.25) is 10.0 Å². The molecule has 0 saturated carbocycles. The number of hydrogen-bond donors (Lipinski definition) is 1. The van der Waals surface area contributed by atoms with Crippen LogP contribution in [0.1, 0.15) is 15.9 Å². The van der Waals surface area contributed by atoms with Crippen molar-refractivity contribution >= 4 is 43.5 Å². The molecule has 9 heteroatoms. The molecule has 0 unspecified atom stereocenters. The molecule has 0 aromatic heterocycles. The summed E-state index contributed by atoms with van der Waals surface area (Å²) in [5, 5.41) is 5.14. The van der Waals surface area contributed by atoms with Crippen LogP contribution in [0.5, 0.6) is 0 Å². The predicted octanol–water partition coefficient (Wildman–Crippen LogP) is 3.25. The topological polar surface area (TPSA) is 86.5 Å². The molecule has 2 aromatic carbocycles. The average molecular weight is 423 g/mol. The van der Waals surface area contributed by atoms with Crippen molar-refractivity contribution < 1.29 is 22.3 Å². The van der Waals surface area contributed by atoms with Crippen molar-refractivity contribution in [2.45, 2.75) is 11.5 Å². The number of rotatable bonds is 4. The Hall–Kier alpha value is -1.48. The Morgan fingerprint density at radius 3 is 2.61 bits per heavy atom. The van der Waals surface area contributed by atoms with E-state index in [9.17, 15) is 17.6 Å². The minimum atomic E-state index is -3.97. The van der Waals surface area contributed by atoms with Crippen LogP contribution in [0.4, 0.5) is 4.39 Å². The van der Waals surface area contributed by atoms with Gasteiger partial charge in [0.1, 0.15) is 12.4 Å². The van der Waals surface area contributed by atoms with Crippen LogP contribution < -0.4 is 5.14 Å². The molecule has 23 heavy (non-hydrogen) atoms. The van der Waals surface area contributed by atoms with Gasteiger partial charge in [-0.25, -0.2) is 22.7 Å². The van der Waals surface area contributed by atoms with E-state index in [0.717, 1.165) is 6.07 Å². The van der Waals surface area contributed by atoms with Crippen molar-refractivity contribution in [3.63, 3.8) is 0 Å². The number of benzene rings is 2. The smallest absolute Gasteiger partial charge is 0.339 e. The third-order valence-electron chi connectivity index (χ3n) is 2.90. The van der Waals surface area contributed by atoms with Gasteiger partial charge in [-0.05, 0) is 46.3 Å². The summed E-state index contributed by atoms with van der Waals surface area (Å²) < 4.78 is 41.6. The van der Waals surface area contributed by atoms with Gasteiger partial charge in [-0.1, -0.05) is 17.7 Å². The van der Waals surface area contributed by atoms with Crippen LogP contribution in [0.3, 0.4) is 0 Å². The van der Waals surface area contributed by atoms with Gasteiger partial charge in [0, 0.05) is 10.0 Å². The Bertz CT molecular complexity index is 853. The van der Waals surface area contributed by atoms with Gasteiger partial charge in [-0.3, -0.25) is 0 Å². The Labute approximate surface area is 145 Å². The number of hydrogen-bond acceptors (Lipinski definition) is 4. The molecule has 0 aliphatic carbocycles. The minimum Gasteiger partial charge on any atom is -0.457 e. The zero-order chi connectivity index (χ0) is 17.2. The van der Waals surface area contributed by atoms with Crippen LogP contribution in [0, 0.1) is 5.82 Å².